The number of nitrogens with one attached hydrogen (secondary N) is 1. The molecule has 3 rings (SSSR count). The van der Waals surface area contributed by atoms with E-state index in [1.54, 1.807) is 20.3 Å². The van der Waals surface area contributed by atoms with Crippen molar-refractivity contribution >= 4 is 22.4 Å². The summed E-state index contributed by atoms with van der Waals surface area (Å²) >= 11 is 1.30. The Kier molecular flexibility index (Phi) is 4.95. The van der Waals surface area contributed by atoms with E-state index in [1.807, 2.05) is 17.5 Å². The summed E-state index contributed by atoms with van der Waals surface area (Å²) in [6.45, 7) is 0. The van der Waals surface area contributed by atoms with Gasteiger partial charge in [0.2, 0.25) is 0 Å². The Morgan fingerprint density at radius 3 is 2.56 bits per heavy atom. The normalized spacial score (nSPS) is 10.4. The Morgan fingerprint density at radius 2 is 1.88 bits per heavy atom. The Labute approximate surface area is 148 Å². The van der Waals surface area contributed by atoms with E-state index in [4.69, 9.17) is 9.47 Å². The van der Waals surface area contributed by atoms with Crippen molar-refractivity contribution in [3.8, 4) is 22.8 Å². The van der Waals surface area contributed by atoms with Gasteiger partial charge in [-0.15, -0.1) is 11.3 Å². The highest BCUT2D eigenvalue weighted by Gasteiger charge is 2.13. The molecule has 3 aromatic rings. The van der Waals surface area contributed by atoms with Crippen LogP contribution in [0.5, 0.6) is 11.5 Å². The summed E-state index contributed by atoms with van der Waals surface area (Å²) in [7, 11) is 3.15. The van der Waals surface area contributed by atoms with Gasteiger partial charge >= 0.3 is 0 Å². The fourth-order valence-electron chi connectivity index (χ4n) is 2.24. The van der Waals surface area contributed by atoms with Crippen molar-refractivity contribution in [2.24, 2.45) is 0 Å². The second-order valence-corrected chi connectivity index (χ2v) is 5.92. The zero-order valence-electron chi connectivity index (χ0n) is 13.6. The van der Waals surface area contributed by atoms with E-state index in [1.165, 1.54) is 35.6 Å². The number of thiazole rings is 1. The summed E-state index contributed by atoms with van der Waals surface area (Å²) in [5.41, 5.74) is 1.83. The fourth-order valence-corrected chi connectivity index (χ4v) is 2.94. The number of hydrogen-bond donors (Lipinski definition) is 1. The van der Waals surface area contributed by atoms with Gasteiger partial charge in [-0.05, 0) is 36.4 Å². The molecule has 0 unspecified atom stereocenters. The van der Waals surface area contributed by atoms with Crippen LogP contribution in [0.15, 0.2) is 47.8 Å². The lowest BCUT2D eigenvalue weighted by atomic mass is 10.1. The monoisotopic (exact) mass is 358 g/mol. The maximum absolute atomic E-state index is 12.9. The van der Waals surface area contributed by atoms with Crippen molar-refractivity contribution in [3.05, 3.63) is 59.2 Å². The van der Waals surface area contributed by atoms with Crippen LogP contribution in [0, 0.1) is 5.82 Å². The highest BCUT2D eigenvalue weighted by molar-refractivity contribution is 7.14. The molecule has 1 heterocycles. The first-order valence-corrected chi connectivity index (χ1v) is 8.23. The van der Waals surface area contributed by atoms with Gasteiger partial charge in [-0.2, -0.15) is 0 Å². The molecular weight excluding hydrogens is 343 g/mol. The molecule has 0 spiro atoms. The second kappa shape index (κ2) is 7.31. The van der Waals surface area contributed by atoms with Crippen LogP contribution in [0.1, 0.15) is 10.4 Å². The smallest absolute Gasteiger partial charge is 0.257 e. The lowest BCUT2D eigenvalue weighted by Crippen LogP contribution is -2.11. The van der Waals surface area contributed by atoms with Gasteiger partial charge in [0.25, 0.3) is 5.91 Å². The summed E-state index contributed by atoms with van der Waals surface area (Å²) in [6, 6.07) is 10.8. The minimum Gasteiger partial charge on any atom is -0.497 e. The van der Waals surface area contributed by atoms with E-state index in [2.05, 4.69) is 10.3 Å². The van der Waals surface area contributed by atoms with Crippen LogP contribution in [0.4, 0.5) is 9.52 Å². The van der Waals surface area contributed by atoms with Crippen LogP contribution >= 0.6 is 11.3 Å². The number of carbonyl (C=O) groups excluding carboxylic acids is 1. The van der Waals surface area contributed by atoms with Crippen LogP contribution in [0.2, 0.25) is 0 Å². The van der Waals surface area contributed by atoms with Gasteiger partial charge in [0.1, 0.15) is 17.3 Å². The molecule has 1 aromatic heterocycles. The summed E-state index contributed by atoms with van der Waals surface area (Å²) < 4.78 is 23.5. The summed E-state index contributed by atoms with van der Waals surface area (Å²) in [6.07, 6.45) is 0. The molecule has 25 heavy (non-hydrogen) atoms. The summed E-state index contributed by atoms with van der Waals surface area (Å²) in [5.74, 6) is 0.573. The largest absolute Gasteiger partial charge is 0.497 e. The lowest BCUT2D eigenvalue weighted by molar-refractivity contribution is 0.102. The average Bonchev–Trinajstić information content (AvgIpc) is 3.09. The molecule has 0 aliphatic carbocycles. The van der Waals surface area contributed by atoms with E-state index in [0.717, 1.165) is 5.56 Å². The van der Waals surface area contributed by atoms with Crippen LogP contribution < -0.4 is 14.8 Å². The van der Waals surface area contributed by atoms with Crippen molar-refractivity contribution < 1.29 is 18.7 Å². The molecule has 0 aliphatic rings. The molecule has 0 atom stereocenters. The molecule has 5 nitrogen and oxygen atoms in total. The lowest BCUT2D eigenvalue weighted by Gasteiger charge is -2.08. The van der Waals surface area contributed by atoms with E-state index in [9.17, 15) is 9.18 Å². The number of amides is 1. The molecule has 0 saturated carbocycles. The molecule has 0 saturated heterocycles. The number of hydrogen-bond acceptors (Lipinski definition) is 5. The number of benzene rings is 2. The molecule has 1 N–H and O–H groups in total. The Morgan fingerprint density at radius 1 is 1.12 bits per heavy atom. The maximum atomic E-state index is 12.9. The first kappa shape index (κ1) is 16.9. The quantitative estimate of drug-likeness (QED) is 0.742. The highest BCUT2D eigenvalue weighted by Crippen LogP contribution is 2.34. The minimum atomic E-state index is -0.389. The number of carbonyl (C=O) groups is 1. The third kappa shape index (κ3) is 3.77. The highest BCUT2D eigenvalue weighted by atomic mass is 32.1. The predicted molar refractivity (Wildman–Crippen MR) is 95.0 cm³/mol. The second-order valence-electron chi connectivity index (χ2n) is 5.07. The number of rotatable bonds is 5. The molecule has 0 fully saturated rings. The number of aromatic nitrogens is 1. The molecule has 2 aromatic carbocycles. The zero-order chi connectivity index (χ0) is 17.8. The fraction of sp³-hybridized carbons (Fsp3) is 0.111. The number of nitrogens with zero attached hydrogens (tertiary/aromatic N) is 1. The molecule has 0 radical (unpaired) electrons. The van der Waals surface area contributed by atoms with E-state index >= 15 is 0 Å². The number of methoxy groups -OCH3 is 2. The van der Waals surface area contributed by atoms with Crippen molar-refractivity contribution in [1.29, 1.82) is 0 Å². The number of anilines is 1. The van der Waals surface area contributed by atoms with Gasteiger partial charge in [0.05, 0.1) is 19.9 Å². The van der Waals surface area contributed by atoms with E-state index < -0.39 is 0 Å². The predicted octanol–water partition coefficient (Wildman–Crippen LogP) is 4.22. The van der Waals surface area contributed by atoms with Gasteiger partial charge in [0.15, 0.2) is 5.13 Å². The van der Waals surface area contributed by atoms with E-state index in [-0.39, 0.29) is 11.7 Å². The Hall–Kier alpha value is -2.93. The third-order valence-corrected chi connectivity index (χ3v) is 4.27. The zero-order valence-corrected chi connectivity index (χ0v) is 14.4. The van der Waals surface area contributed by atoms with Gasteiger partial charge in [-0.25, -0.2) is 9.37 Å². The number of halogens is 1. The van der Waals surface area contributed by atoms with Crippen molar-refractivity contribution in [2.45, 2.75) is 0 Å². The summed E-state index contributed by atoms with van der Waals surface area (Å²) in [4.78, 5) is 16.6. The minimum absolute atomic E-state index is 0.345. The summed E-state index contributed by atoms with van der Waals surface area (Å²) in [5, 5.41) is 4.98. The topological polar surface area (TPSA) is 60.5 Å². The first-order valence-electron chi connectivity index (χ1n) is 7.35. The molecule has 7 heteroatoms. The van der Waals surface area contributed by atoms with Crippen molar-refractivity contribution in [3.63, 3.8) is 0 Å². The SMILES string of the molecule is COc1ccc(-c2csc(NC(=O)c3ccc(F)cc3)n2)c(OC)c1. The average molecular weight is 358 g/mol. The van der Waals surface area contributed by atoms with Crippen LogP contribution in [0.25, 0.3) is 11.3 Å². The third-order valence-electron chi connectivity index (χ3n) is 3.52. The van der Waals surface area contributed by atoms with Gasteiger partial charge in [0, 0.05) is 22.6 Å². The van der Waals surface area contributed by atoms with Crippen LogP contribution in [-0.2, 0) is 0 Å². The first-order chi connectivity index (χ1) is 12.1. The maximum Gasteiger partial charge on any atom is 0.257 e. The molecule has 0 aliphatic heterocycles. The van der Waals surface area contributed by atoms with Gasteiger partial charge in [-0.1, -0.05) is 0 Å². The van der Waals surface area contributed by atoms with Crippen molar-refractivity contribution in [2.75, 3.05) is 19.5 Å². The van der Waals surface area contributed by atoms with Crippen molar-refractivity contribution in [1.82, 2.24) is 4.98 Å². The van der Waals surface area contributed by atoms with E-state index in [0.29, 0.717) is 27.9 Å². The number of ether oxygens (including phenoxy) is 2. The van der Waals surface area contributed by atoms with Gasteiger partial charge in [-0.3, -0.25) is 10.1 Å². The molecule has 0 bridgehead atoms. The van der Waals surface area contributed by atoms with Crippen LogP contribution in [0.3, 0.4) is 0 Å². The molecular formula is C18H15FN2O3S. The molecule has 1 amide bonds. The molecule has 128 valence electrons. The van der Waals surface area contributed by atoms with Crippen LogP contribution in [-0.4, -0.2) is 25.1 Å². The van der Waals surface area contributed by atoms with Gasteiger partial charge < -0.3 is 9.47 Å². The Balaban J connectivity index is 1.81. The standard InChI is InChI=1S/C18H15FN2O3S/c1-23-13-7-8-14(16(9-13)24-2)15-10-25-18(20-15)21-17(22)11-3-5-12(19)6-4-11/h3-10H,1-2H3,(H,20,21,22). The Bertz CT molecular complexity index is 894.